The van der Waals surface area contributed by atoms with Crippen molar-refractivity contribution in [2.24, 2.45) is 11.7 Å². The van der Waals surface area contributed by atoms with Gasteiger partial charge in [0.1, 0.15) is 6.04 Å². The second-order valence-corrected chi connectivity index (χ2v) is 8.34. The van der Waals surface area contributed by atoms with E-state index in [0.717, 1.165) is 57.1 Å². The lowest BCUT2D eigenvalue weighted by Crippen LogP contribution is -2.41. The van der Waals surface area contributed by atoms with E-state index in [1.807, 2.05) is 13.8 Å². The summed E-state index contributed by atoms with van der Waals surface area (Å²) in [6.45, 7) is 6.13. The third kappa shape index (κ3) is 18.0. The first-order chi connectivity index (χ1) is 13.9. The zero-order valence-electron chi connectivity index (χ0n) is 18.9. The highest BCUT2D eigenvalue weighted by atomic mass is 16.4. The summed E-state index contributed by atoms with van der Waals surface area (Å²) in [5.41, 5.74) is 7.01. The van der Waals surface area contributed by atoms with E-state index in [1.165, 1.54) is 19.3 Å². The Morgan fingerprint density at radius 2 is 1.62 bits per heavy atom. The maximum Gasteiger partial charge on any atom is 0.326 e. The highest BCUT2D eigenvalue weighted by Gasteiger charge is 2.20. The largest absolute Gasteiger partial charge is 0.480 e. The minimum absolute atomic E-state index is 0.159. The summed E-state index contributed by atoms with van der Waals surface area (Å²) in [4.78, 5) is 23.1. The third-order valence-corrected chi connectivity index (χ3v) is 4.87. The molecule has 0 aromatic heterocycles. The summed E-state index contributed by atoms with van der Waals surface area (Å²) in [5.74, 6) is -0.877. The number of carbonyl (C=O) groups excluding carboxylic acids is 1. The summed E-state index contributed by atoms with van der Waals surface area (Å²) < 4.78 is 0. The number of carboxylic acids is 1. The second-order valence-electron chi connectivity index (χ2n) is 8.34. The van der Waals surface area contributed by atoms with Gasteiger partial charge in [-0.2, -0.15) is 0 Å². The monoisotopic (exact) mass is 408 g/mol. The maximum atomic E-state index is 11.9. The van der Waals surface area contributed by atoms with Gasteiger partial charge in [0.25, 0.3) is 0 Å². The molecule has 0 radical (unpaired) electrons. The molecule has 0 aromatic carbocycles. The highest BCUT2D eigenvalue weighted by Crippen LogP contribution is 2.11. The van der Waals surface area contributed by atoms with Crippen LogP contribution in [0.15, 0.2) is 23.9 Å². The van der Waals surface area contributed by atoms with E-state index in [1.54, 1.807) is 0 Å². The van der Waals surface area contributed by atoms with E-state index in [2.05, 4.69) is 30.5 Å². The van der Waals surface area contributed by atoms with Gasteiger partial charge in [0.2, 0.25) is 5.91 Å². The van der Waals surface area contributed by atoms with Crippen LogP contribution in [0, 0.1) is 5.92 Å². The van der Waals surface area contributed by atoms with Crippen LogP contribution < -0.4 is 11.1 Å². The van der Waals surface area contributed by atoms with Crippen molar-refractivity contribution in [3.8, 4) is 0 Å². The number of amides is 1. The lowest BCUT2D eigenvalue weighted by atomic mass is 10.0. The molecular weight excluding hydrogens is 364 g/mol. The van der Waals surface area contributed by atoms with Crippen molar-refractivity contribution in [3.05, 3.63) is 23.9 Å². The van der Waals surface area contributed by atoms with Crippen LogP contribution in [0.5, 0.6) is 0 Å². The van der Waals surface area contributed by atoms with E-state index >= 15 is 0 Å². The molecule has 0 bridgehead atoms. The Kier molecular flexibility index (Phi) is 17.1. The maximum absolute atomic E-state index is 11.9. The predicted molar refractivity (Wildman–Crippen MR) is 122 cm³/mol. The van der Waals surface area contributed by atoms with Gasteiger partial charge in [-0.25, -0.2) is 4.79 Å². The van der Waals surface area contributed by atoms with Crippen LogP contribution >= 0.6 is 0 Å². The van der Waals surface area contributed by atoms with Gasteiger partial charge < -0.3 is 16.2 Å². The molecule has 0 aliphatic rings. The number of nitrogens with one attached hydrogen (secondary N) is 1. The van der Waals surface area contributed by atoms with Crippen LogP contribution in [0.2, 0.25) is 0 Å². The van der Waals surface area contributed by atoms with Crippen molar-refractivity contribution in [3.63, 3.8) is 0 Å². The molecule has 168 valence electrons. The molecule has 0 heterocycles. The van der Waals surface area contributed by atoms with Crippen molar-refractivity contribution >= 4 is 11.9 Å². The van der Waals surface area contributed by atoms with Crippen molar-refractivity contribution in [2.45, 2.75) is 110 Å². The quantitative estimate of drug-likeness (QED) is 0.200. The molecule has 0 spiro atoms. The number of carbonyl (C=O) groups is 2. The molecule has 4 N–H and O–H groups in total. The highest BCUT2D eigenvalue weighted by molar-refractivity contribution is 5.83. The number of hydrogen-bond donors (Lipinski definition) is 3. The zero-order chi connectivity index (χ0) is 21.9. The Morgan fingerprint density at radius 1 is 0.966 bits per heavy atom. The van der Waals surface area contributed by atoms with Gasteiger partial charge >= 0.3 is 5.97 Å². The number of hydrogen-bond acceptors (Lipinski definition) is 3. The molecule has 29 heavy (non-hydrogen) atoms. The second kappa shape index (κ2) is 18.3. The number of carboxylic acid groups (broad SMARTS) is 1. The topological polar surface area (TPSA) is 92.4 Å². The van der Waals surface area contributed by atoms with Gasteiger partial charge in [-0.1, -0.05) is 71.1 Å². The summed E-state index contributed by atoms with van der Waals surface area (Å²) >= 11 is 0. The molecule has 5 heteroatoms. The van der Waals surface area contributed by atoms with Crippen molar-refractivity contribution < 1.29 is 14.7 Å². The first-order valence-electron chi connectivity index (χ1n) is 11.5. The van der Waals surface area contributed by atoms with Crippen LogP contribution in [0.25, 0.3) is 0 Å². The lowest BCUT2D eigenvalue weighted by molar-refractivity contribution is -0.142. The molecule has 0 rings (SSSR count). The SMILES string of the molecule is CCCCC/C=C\C/C=C(/N)CCCCCCCC(=O)NC(CC(C)C)C(=O)O. The summed E-state index contributed by atoms with van der Waals surface area (Å²) in [6.07, 6.45) is 19.3. The Hall–Kier alpha value is -1.78. The van der Waals surface area contributed by atoms with Gasteiger partial charge in [0.05, 0.1) is 0 Å². The molecule has 0 aliphatic carbocycles. The van der Waals surface area contributed by atoms with Crippen LogP contribution in [-0.2, 0) is 9.59 Å². The molecule has 1 amide bonds. The minimum Gasteiger partial charge on any atom is -0.480 e. The number of unbranched alkanes of at least 4 members (excludes halogenated alkanes) is 7. The molecule has 0 saturated carbocycles. The smallest absolute Gasteiger partial charge is 0.326 e. The lowest BCUT2D eigenvalue weighted by Gasteiger charge is -2.16. The summed E-state index contributed by atoms with van der Waals surface area (Å²) in [6, 6.07) is -0.775. The first kappa shape index (κ1) is 27.2. The van der Waals surface area contributed by atoms with E-state index in [9.17, 15) is 9.59 Å². The zero-order valence-corrected chi connectivity index (χ0v) is 18.9. The van der Waals surface area contributed by atoms with Gasteiger partial charge in [0, 0.05) is 12.1 Å². The van der Waals surface area contributed by atoms with Crippen LogP contribution in [-0.4, -0.2) is 23.0 Å². The third-order valence-electron chi connectivity index (χ3n) is 4.87. The van der Waals surface area contributed by atoms with Crippen LogP contribution in [0.4, 0.5) is 0 Å². The van der Waals surface area contributed by atoms with E-state index in [4.69, 9.17) is 10.8 Å². The van der Waals surface area contributed by atoms with Gasteiger partial charge in [0.15, 0.2) is 0 Å². The Labute approximate surface area is 178 Å². The average Bonchev–Trinajstić information content (AvgIpc) is 2.65. The van der Waals surface area contributed by atoms with Crippen LogP contribution in [0.3, 0.4) is 0 Å². The minimum atomic E-state index is -0.954. The van der Waals surface area contributed by atoms with Crippen molar-refractivity contribution in [1.29, 1.82) is 0 Å². The molecule has 0 saturated heterocycles. The van der Waals surface area contributed by atoms with E-state index in [-0.39, 0.29) is 11.8 Å². The fourth-order valence-corrected chi connectivity index (χ4v) is 3.15. The number of aliphatic carboxylic acids is 1. The number of nitrogens with two attached hydrogens (primary N) is 1. The summed E-state index contributed by atoms with van der Waals surface area (Å²) in [7, 11) is 0. The molecule has 0 aliphatic heterocycles. The predicted octanol–water partition coefficient (Wildman–Crippen LogP) is 5.70. The van der Waals surface area contributed by atoms with Crippen LogP contribution in [0.1, 0.15) is 104 Å². The standard InChI is InChI=1S/C24H44N2O3/c1-4-5-6-7-8-10-13-16-21(25)17-14-11-9-12-15-18-23(27)26-22(24(28)29)19-20(2)3/h8,10,16,20,22H,4-7,9,11-15,17-19,25H2,1-3H3,(H,26,27)(H,28,29)/b10-8-,21-16+. The number of allylic oxidation sites excluding steroid dienone is 4. The Balaban J connectivity index is 3.72. The van der Waals surface area contributed by atoms with E-state index in [0.29, 0.717) is 12.8 Å². The molecule has 1 atom stereocenters. The van der Waals surface area contributed by atoms with Gasteiger partial charge in [-0.3, -0.25) is 4.79 Å². The Morgan fingerprint density at radius 3 is 2.24 bits per heavy atom. The molecule has 0 fully saturated rings. The molecular formula is C24H44N2O3. The number of rotatable bonds is 18. The average molecular weight is 409 g/mol. The first-order valence-corrected chi connectivity index (χ1v) is 11.5. The Bertz CT molecular complexity index is 498. The fraction of sp³-hybridized carbons (Fsp3) is 0.750. The molecule has 5 nitrogen and oxygen atoms in total. The fourth-order valence-electron chi connectivity index (χ4n) is 3.15. The van der Waals surface area contributed by atoms with Gasteiger partial charge in [-0.15, -0.1) is 0 Å². The van der Waals surface area contributed by atoms with Crippen molar-refractivity contribution in [2.75, 3.05) is 0 Å². The van der Waals surface area contributed by atoms with Gasteiger partial charge in [-0.05, 0) is 50.9 Å². The molecule has 0 aromatic rings. The molecule has 1 unspecified atom stereocenters. The van der Waals surface area contributed by atoms with Crippen molar-refractivity contribution in [1.82, 2.24) is 5.32 Å². The van der Waals surface area contributed by atoms with E-state index < -0.39 is 12.0 Å². The summed E-state index contributed by atoms with van der Waals surface area (Å²) in [5, 5.41) is 11.8. The normalized spacial score (nSPS) is 13.2.